The average Bonchev–Trinajstić information content (AvgIpc) is 4.17. The van der Waals surface area contributed by atoms with Crippen LogP contribution in [0.3, 0.4) is 0 Å². The highest BCUT2D eigenvalue weighted by Crippen LogP contribution is 2.27. The number of aliphatic hydroxyl groups excluding tert-OH is 2. The van der Waals surface area contributed by atoms with Crippen molar-refractivity contribution < 1.29 is 78.0 Å². The Morgan fingerprint density at radius 3 is 1.70 bits per heavy atom. The summed E-state index contributed by atoms with van der Waals surface area (Å²) in [5.41, 5.74) is 11.8. The predicted molar refractivity (Wildman–Crippen MR) is 302 cm³/mol. The maximum absolute atomic E-state index is 14.5. The topological polar surface area (TPSA) is 441 Å². The van der Waals surface area contributed by atoms with Crippen molar-refractivity contribution in [2.24, 2.45) is 23.3 Å². The molecule has 16 N–H and O–H groups in total. The van der Waals surface area contributed by atoms with E-state index in [0.717, 1.165) is 0 Å². The highest BCUT2D eigenvalue weighted by Gasteiger charge is 2.45. The Bertz CT molecular complexity index is 2440. The minimum atomic E-state index is -1.68. The first-order chi connectivity index (χ1) is 38.6. The maximum atomic E-state index is 14.5. The van der Waals surface area contributed by atoms with Gasteiger partial charge in [0.1, 0.15) is 66.2 Å². The van der Waals surface area contributed by atoms with Crippen LogP contribution in [0, 0.1) is 11.8 Å². The second-order valence-corrected chi connectivity index (χ2v) is 21.7. The minimum Gasteiger partial charge on any atom is -0.508 e. The quantitative estimate of drug-likeness (QED) is 0.0304. The Balaban J connectivity index is 1.71. The number of nitrogens with two attached hydrogens (primary N) is 2. The van der Waals surface area contributed by atoms with E-state index >= 15 is 0 Å². The number of amides is 11. The SMILES string of the molecule is CC[C@H](C)[C@H](NC(=O)[C@H](CO)NC(=O)[C@H](C)NC(=O)[C@@H](NC(=O)[C@H](CS)NC(=O)[C@@H](N)CC(C)C)[C@@H](C)O)C(=O)N1CCC[C@H]1C(=O)N1CCC[C@H]1C(=O)N[C@@H](CCC(N)=O)C(=O)N[C@@H](CS)C(=O)N[C@@H](Cc1ccc(O)cc1)C(=O)O. The molecule has 0 aromatic heterocycles. The van der Waals surface area contributed by atoms with Crippen molar-refractivity contribution >= 4 is 96.2 Å². The third-order valence-electron chi connectivity index (χ3n) is 14.1. The summed E-state index contributed by atoms with van der Waals surface area (Å²) in [7, 11) is 0. The molecule has 2 heterocycles. The Kier molecular flexibility index (Phi) is 28.3. The van der Waals surface area contributed by atoms with E-state index < -0.39 is 162 Å². The number of benzene rings is 1. The van der Waals surface area contributed by atoms with Crippen LogP contribution in [-0.4, -0.2) is 205 Å². The molecule has 13 atom stereocenters. The van der Waals surface area contributed by atoms with Gasteiger partial charge in [0.15, 0.2) is 0 Å². The number of hydrogen-bond donors (Lipinski definition) is 16. The van der Waals surface area contributed by atoms with Crippen LogP contribution in [0.15, 0.2) is 24.3 Å². The summed E-state index contributed by atoms with van der Waals surface area (Å²) in [4.78, 5) is 163. The number of primary amides is 1. The Morgan fingerprint density at radius 1 is 0.646 bits per heavy atom. The number of hydrogen-bond acceptors (Lipinski definition) is 18. The molecule has 0 bridgehead atoms. The van der Waals surface area contributed by atoms with Crippen LogP contribution in [0.2, 0.25) is 0 Å². The van der Waals surface area contributed by atoms with E-state index in [1.807, 2.05) is 13.8 Å². The van der Waals surface area contributed by atoms with Crippen molar-refractivity contribution in [3.63, 3.8) is 0 Å². The van der Waals surface area contributed by atoms with E-state index in [-0.39, 0.29) is 61.9 Å². The molecule has 0 saturated carbocycles. The smallest absolute Gasteiger partial charge is 0.326 e. The van der Waals surface area contributed by atoms with E-state index in [1.165, 1.54) is 47.9 Å². The third-order valence-corrected chi connectivity index (χ3v) is 14.8. The zero-order valence-corrected chi connectivity index (χ0v) is 48.7. The Labute approximate surface area is 486 Å². The molecule has 82 heavy (non-hydrogen) atoms. The van der Waals surface area contributed by atoms with Gasteiger partial charge >= 0.3 is 5.97 Å². The van der Waals surface area contributed by atoms with E-state index in [1.54, 1.807) is 13.8 Å². The second-order valence-electron chi connectivity index (χ2n) is 21.0. The van der Waals surface area contributed by atoms with Crippen LogP contribution >= 0.6 is 25.3 Å². The van der Waals surface area contributed by atoms with Crippen LogP contribution in [0.4, 0.5) is 0 Å². The van der Waals surface area contributed by atoms with E-state index in [2.05, 4.69) is 67.8 Å². The number of nitrogens with zero attached hydrogens (tertiary/aromatic N) is 2. The Hall–Kier alpha value is -6.76. The number of thiol groups is 2. The molecule has 2 fully saturated rings. The van der Waals surface area contributed by atoms with Gasteiger partial charge in [0, 0.05) is 37.4 Å². The number of carboxylic acid groups (broad SMARTS) is 1. The van der Waals surface area contributed by atoms with Gasteiger partial charge in [-0.1, -0.05) is 46.2 Å². The molecular formula is C52H82N12O16S2. The lowest BCUT2D eigenvalue weighted by molar-refractivity contribution is -0.149. The highest BCUT2D eigenvalue weighted by atomic mass is 32.1. The maximum Gasteiger partial charge on any atom is 0.326 e. The molecule has 1 aromatic carbocycles. The van der Waals surface area contributed by atoms with Crippen LogP contribution in [0.1, 0.15) is 98.5 Å². The van der Waals surface area contributed by atoms with E-state index in [4.69, 9.17) is 11.5 Å². The minimum absolute atomic E-state index is 0.0558. The average molecular weight is 1200 g/mol. The number of aliphatic carboxylic acids is 1. The van der Waals surface area contributed by atoms with Crippen molar-refractivity contribution in [1.29, 1.82) is 0 Å². The van der Waals surface area contributed by atoms with Crippen LogP contribution in [0.25, 0.3) is 0 Å². The number of likely N-dealkylation sites (tertiary alicyclic amines) is 2. The lowest BCUT2D eigenvalue weighted by Crippen LogP contribution is -2.62. The molecular weight excluding hydrogens is 1110 g/mol. The monoisotopic (exact) mass is 1190 g/mol. The van der Waals surface area contributed by atoms with Gasteiger partial charge in [-0.3, -0.25) is 52.7 Å². The third kappa shape index (κ3) is 20.6. The zero-order valence-electron chi connectivity index (χ0n) is 46.9. The number of rotatable bonds is 32. The summed E-state index contributed by atoms with van der Waals surface area (Å²) in [5.74, 6) is -11.8. The molecule has 2 saturated heterocycles. The van der Waals surface area contributed by atoms with Crippen LogP contribution in [-0.2, 0) is 64.0 Å². The number of aliphatic hydroxyl groups is 2. The lowest BCUT2D eigenvalue weighted by Gasteiger charge is -2.35. The van der Waals surface area contributed by atoms with Gasteiger partial charge < -0.3 is 84.2 Å². The molecule has 458 valence electrons. The van der Waals surface area contributed by atoms with Crippen LogP contribution < -0.4 is 54.0 Å². The number of phenolic OH excluding ortho intramolecular Hbond substituents is 1. The van der Waals surface area contributed by atoms with Gasteiger partial charge in [-0.05, 0) is 81.9 Å². The predicted octanol–water partition coefficient (Wildman–Crippen LogP) is -4.18. The molecule has 2 aliphatic heterocycles. The van der Waals surface area contributed by atoms with Gasteiger partial charge in [0.2, 0.25) is 65.0 Å². The molecule has 0 aliphatic carbocycles. The molecule has 2 aliphatic rings. The molecule has 0 unspecified atom stereocenters. The molecule has 11 amide bonds. The summed E-state index contributed by atoms with van der Waals surface area (Å²) in [6.45, 7) is 8.72. The van der Waals surface area contributed by atoms with Gasteiger partial charge in [0.25, 0.3) is 0 Å². The fourth-order valence-corrected chi connectivity index (χ4v) is 9.65. The molecule has 0 spiro atoms. The fraction of sp³-hybridized carbons (Fsp3) is 0.654. The summed E-state index contributed by atoms with van der Waals surface area (Å²) in [5, 5.41) is 59.6. The molecule has 0 radical (unpaired) electrons. The van der Waals surface area contributed by atoms with Gasteiger partial charge in [-0.15, -0.1) is 0 Å². The standard InChI is InChI=1S/C52H82N12O16S2/c1-7-26(4)40(61-45(72)34(22-65)58-42(69)27(5)55-49(76)41(28(6)66)62-47(74)36(24-82)59-43(70)31(53)20-25(2)3)51(78)64-19-9-11-38(64)50(77)63-18-8-10-37(63)48(75)56-32(16-17-39(54)68)44(71)60-35(23-81)46(73)57-33(52(79)80)21-29-12-14-30(67)15-13-29/h12-15,25-28,31-38,40-41,65-67,81-82H,7-11,16-24,53H2,1-6H3,(H2,54,68)(H,55,76)(H,56,75)(H,57,73)(H,58,69)(H,59,70)(H,60,71)(H,61,72)(H,62,74)(H,79,80)/t26-,27-,28+,31-,32-,33-,34-,35-,36-,37-,38-,40-,41-/m0/s1. The Morgan fingerprint density at radius 2 is 1.16 bits per heavy atom. The van der Waals surface area contributed by atoms with Gasteiger partial charge in [0.05, 0.1) is 18.8 Å². The first kappa shape index (κ1) is 69.5. The summed E-state index contributed by atoms with van der Waals surface area (Å²) < 4.78 is 0. The highest BCUT2D eigenvalue weighted by molar-refractivity contribution is 7.80. The fourth-order valence-electron chi connectivity index (χ4n) is 9.13. The van der Waals surface area contributed by atoms with E-state index in [9.17, 15) is 78.0 Å². The summed E-state index contributed by atoms with van der Waals surface area (Å²) >= 11 is 8.28. The number of carbonyl (C=O) groups is 12. The number of carboxylic acids is 1. The summed E-state index contributed by atoms with van der Waals surface area (Å²) in [6, 6.07) is -9.27. The molecule has 30 heteroatoms. The molecule has 1 aromatic rings. The number of aromatic hydroxyl groups is 1. The van der Waals surface area contributed by atoms with Crippen molar-refractivity contribution in [1.82, 2.24) is 52.3 Å². The van der Waals surface area contributed by atoms with Crippen molar-refractivity contribution in [2.45, 2.75) is 172 Å². The first-order valence-corrected chi connectivity index (χ1v) is 28.4. The number of carbonyl (C=O) groups excluding carboxylic acids is 11. The normalized spacial score (nSPS) is 19.0. The van der Waals surface area contributed by atoms with Gasteiger partial charge in [-0.2, -0.15) is 25.3 Å². The number of phenols is 1. The van der Waals surface area contributed by atoms with Crippen molar-refractivity contribution in [3.05, 3.63) is 29.8 Å². The van der Waals surface area contributed by atoms with Crippen LogP contribution in [0.5, 0.6) is 5.75 Å². The lowest BCUT2D eigenvalue weighted by atomic mass is 9.96. The second kappa shape index (κ2) is 33.4. The van der Waals surface area contributed by atoms with Gasteiger partial charge in [-0.25, -0.2) is 4.79 Å². The largest absolute Gasteiger partial charge is 0.508 e. The molecule has 3 rings (SSSR count). The first-order valence-electron chi connectivity index (χ1n) is 27.2. The van der Waals surface area contributed by atoms with E-state index in [0.29, 0.717) is 31.2 Å². The molecule has 28 nitrogen and oxygen atoms in total. The zero-order chi connectivity index (χ0) is 61.7. The number of nitrogens with one attached hydrogen (secondary N) is 8. The van der Waals surface area contributed by atoms with Crippen molar-refractivity contribution in [2.75, 3.05) is 31.2 Å². The summed E-state index contributed by atoms with van der Waals surface area (Å²) in [6.07, 6.45) is -0.764. The van der Waals surface area contributed by atoms with Crippen molar-refractivity contribution in [3.8, 4) is 5.75 Å².